The maximum absolute atomic E-state index is 12.9. The van der Waals surface area contributed by atoms with E-state index in [2.05, 4.69) is 15.6 Å². The zero-order valence-corrected chi connectivity index (χ0v) is 14.4. The molecule has 0 bridgehead atoms. The van der Waals surface area contributed by atoms with Crippen LogP contribution in [-0.2, 0) is 9.59 Å². The van der Waals surface area contributed by atoms with Crippen LogP contribution >= 0.6 is 0 Å². The molecule has 130 valence electrons. The molecule has 6 heteroatoms. The summed E-state index contributed by atoms with van der Waals surface area (Å²) in [5, 5.41) is 6.35. The third-order valence-corrected chi connectivity index (χ3v) is 4.46. The van der Waals surface area contributed by atoms with E-state index in [4.69, 9.17) is 4.74 Å². The van der Waals surface area contributed by atoms with Crippen LogP contribution in [0, 0.1) is 6.92 Å². The number of carbonyl (C=O) groups excluding carboxylic acids is 2. The van der Waals surface area contributed by atoms with Crippen molar-refractivity contribution in [1.82, 2.24) is 4.98 Å². The summed E-state index contributed by atoms with van der Waals surface area (Å²) in [6.45, 7) is 3.38. The van der Waals surface area contributed by atoms with E-state index in [1.165, 1.54) is 6.92 Å². The Morgan fingerprint density at radius 2 is 2.04 bits per heavy atom. The van der Waals surface area contributed by atoms with Gasteiger partial charge in [-0.05, 0) is 55.8 Å². The van der Waals surface area contributed by atoms with Crippen molar-refractivity contribution < 1.29 is 14.3 Å². The highest BCUT2D eigenvalue weighted by Gasteiger charge is 2.47. The first-order valence-electron chi connectivity index (χ1n) is 8.24. The monoisotopic (exact) mass is 347 g/mol. The number of aromatic nitrogens is 1. The van der Waals surface area contributed by atoms with Gasteiger partial charge in [0.05, 0.1) is 16.9 Å². The number of nitrogens with one attached hydrogen (secondary N) is 2. The predicted molar refractivity (Wildman–Crippen MR) is 99.2 cm³/mol. The van der Waals surface area contributed by atoms with Crippen molar-refractivity contribution in [2.45, 2.75) is 19.4 Å². The summed E-state index contributed by atoms with van der Waals surface area (Å²) >= 11 is 0. The molecule has 2 amide bonds. The Bertz CT molecular complexity index is 1040. The lowest BCUT2D eigenvalue weighted by molar-refractivity contribution is -0.143. The maximum atomic E-state index is 12.9. The topological polar surface area (TPSA) is 80.3 Å². The van der Waals surface area contributed by atoms with Gasteiger partial charge in [-0.15, -0.1) is 0 Å². The average Bonchev–Trinajstić information content (AvgIpc) is 2.63. The van der Waals surface area contributed by atoms with Crippen molar-refractivity contribution in [3.05, 3.63) is 60.3 Å². The van der Waals surface area contributed by atoms with Crippen LogP contribution in [0.2, 0.25) is 0 Å². The fourth-order valence-corrected chi connectivity index (χ4v) is 2.94. The number of hydrogen-bond acceptors (Lipinski definition) is 4. The first kappa shape index (κ1) is 16.1. The summed E-state index contributed by atoms with van der Waals surface area (Å²) in [5.74, 6) is -0.587. The SMILES string of the molecule is Cc1ccc2c(c1)NC(=O)C(C)(C(=O)Nc1cccc3ncccc13)O2. The van der Waals surface area contributed by atoms with Crippen LogP contribution in [0.4, 0.5) is 11.4 Å². The zero-order valence-electron chi connectivity index (χ0n) is 14.4. The van der Waals surface area contributed by atoms with Gasteiger partial charge in [0.2, 0.25) is 0 Å². The van der Waals surface area contributed by atoms with Gasteiger partial charge in [-0.1, -0.05) is 12.1 Å². The molecule has 0 saturated carbocycles. The number of rotatable bonds is 2. The van der Waals surface area contributed by atoms with Gasteiger partial charge in [0, 0.05) is 11.6 Å². The van der Waals surface area contributed by atoms with Crippen LogP contribution in [0.25, 0.3) is 10.9 Å². The molecule has 1 unspecified atom stereocenters. The minimum atomic E-state index is -1.67. The highest BCUT2D eigenvalue weighted by Crippen LogP contribution is 2.35. The number of anilines is 2. The number of aryl methyl sites for hydroxylation is 1. The number of pyridine rings is 1. The molecular weight excluding hydrogens is 330 g/mol. The molecule has 1 aromatic heterocycles. The molecule has 3 aromatic rings. The second-order valence-electron chi connectivity index (χ2n) is 6.42. The number of ether oxygens (including phenoxy) is 1. The van der Waals surface area contributed by atoms with Gasteiger partial charge in [0.25, 0.3) is 17.4 Å². The summed E-state index contributed by atoms with van der Waals surface area (Å²) in [7, 11) is 0. The van der Waals surface area contributed by atoms with Gasteiger partial charge in [-0.3, -0.25) is 14.6 Å². The molecule has 1 atom stereocenters. The number of fused-ring (bicyclic) bond motifs is 2. The van der Waals surface area contributed by atoms with E-state index in [9.17, 15) is 9.59 Å². The smallest absolute Gasteiger partial charge is 0.278 e. The predicted octanol–water partition coefficient (Wildman–Crippen LogP) is 3.27. The van der Waals surface area contributed by atoms with Gasteiger partial charge in [0.1, 0.15) is 5.75 Å². The Balaban J connectivity index is 1.67. The second kappa shape index (κ2) is 5.84. The molecular formula is C20H17N3O3. The minimum Gasteiger partial charge on any atom is -0.466 e. The summed E-state index contributed by atoms with van der Waals surface area (Å²) in [5.41, 5.74) is 1.21. The van der Waals surface area contributed by atoms with Gasteiger partial charge >= 0.3 is 0 Å². The quantitative estimate of drug-likeness (QED) is 0.697. The fraction of sp³-hybridized carbons (Fsp3) is 0.150. The lowest BCUT2D eigenvalue weighted by Gasteiger charge is -2.33. The molecule has 2 aromatic carbocycles. The van der Waals surface area contributed by atoms with E-state index in [1.54, 1.807) is 36.5 Å². The molecule has 6 nitrogen and oxygen atoms in total. The molecule has 2 N–H and O–H groups in total. The number of nitrogens with zero attached hydrogens (tertiary/aromatic N) is 1. The van der Waals surface area contributed by atoms with E-state index in [0.717, 1.165) is 16.5 Å². The molecule has 0 saturated heterocycles. The number of benzene rings is 2. The molecule has 0 radical (unpaired) electrons. The Kier molecular flexibility index (Phi) is 3.61. The molecule has 26 heavy (non-hydrogen) atoms. The van der Waals surface area contributed by atoms with Gasteiger partial charge in [0.15, 0.2) is 0 Å². The van der Waals surface area contributed by atoms with Crippen molar-refractivity contribution in [2.24, 2.45) is 0 Å². The maximum Gasteiger partial charge on any atom is 0.278 e. The first-order chi connectivity index (χ1) is 12.5. The summed E-state index contributed by atoms with van der Waals surface area (Å²) < 4.78 is 5.79. The molecule has 1 aliphatic heterocycles. The number of amides is 2. The van der Waals surface area contributed by atoms with E-state index < -0.39 is 17.4 Å². The third kappa shape index (κ3) is 2.56. The van der Waals surface area contributed by atoms with Gasteiger partial charge < -0.3 is 15.4 Å². The van der Waals surface area contributed by atoms with Crippen LogP contribution in [0.5, 0.6) is 5.75 Å². The first-order valence-corrected chi connectivity index (χ1v) is 8.24. The molecule has 4 rings (SSSR count). The van der Waals surface area contributed by atoms with E-state index in [1.807, 2.05) is 25.1 Å². The Morgan fingerprint density at radius 3 is 2.88 bits per heavy atom. The fourth-order valence-electron chi connectivity index (χ4n) is 2.94. The lowest BCUT2D eigenvalue weighted by Crippen LogP contribution is -2.56. The second-order valence-corrected chi connectivity index (χ2v) is 6.42. The van der Waals surface area contributed by atoms with Crippen LogP contribution in [0.1, 0.15) is 12.5 Å². The number of carbonyl (C=O) groups is 2. The standard InChI is InChI=1S/C20H17N3O3/c1-12-8-9-17-16(11-12)23-19(25)20(2,26-17)18(24)22-15-7-3-6-14-13(15)5-4-10-21-14/h3-11H,1-2H3,(H,22,24)(H,23,25). The molecule has 0 aliphatic carbocycles. The molecule has 0 spiro atoms. The van der Waals surface area contributed by atoms with Crippen LogP contribution < -0.4 is 15.4 Å². The van der Waals surface area contributed by atoms with E-state index in [-0.39, 0.29) is 0 Å². The highest BCUT2D eigenvalue weighted by atomic mass is 16.5. The van der Waals surface area contributed by atoms with Gasteiger partial charge in [-0.2, -0.15) is 0 Å². The van der Waals surface area contributed by atoms with Crippen molar-refractivity contribution in [3.8, 4) is 5.75 Å². The van der Waals surface area contributed by atoms with Crippen molar-refractivity contribution in [1.29, 1.82) is 0 Å². The Hall–Kier alpha value is -3.41. The van der Waals surface area contributed by atoms with E-state index >= 15 is 0 Å². The van der Waals surface area contributed by atoms with Crippen molar-refractivity contribution in [3.63, 3.8) is 0 Å². The lowest BCUT2D eigenvalue weighted by atomic mass is 10.0. The summed E-state index contributed by atoms with van der Waals surface area (Å²) in [4.78, 5) is 29.7. The minimum absolute atomic E-state index is 0.465. The summed E-state index contributed by atoms with van der Waals surface area (Å²) in [6.07, 6.45) is 1.69. The van der Waals surface area contributed by atoms with Crippen LogP contribution in [0.15, 0.2) is 54.7 Å². The van der Waals surface area contributed by atoms with E-state index in [0.29, 0.717) is 17.1 Å². The van der Waals surface area contributed by atoms with Crippen LogP contribution in [-0.4, -0.2) is 22.4 Å². The van der Waals surface area contributed by atoms with Crippen molar-refractivity contribution in [2.75, 3.05) is 10.6 Å². The zero-order chi connectivity index (χ0) is 18.3. The highest BCUT2D eigenvalue weighted by molar-refractivity contribution is 6.20. The Morgan fingerprint density at radius 1 is 1.19 bits per heavy atom. The normalized spacial score (nSPS) is 18.6. The third-order valence-electron chi connectivity index (χ3n) is 4.46. The van der Waals surface area contributed by atoms with Crippen LogP contribution in [0.3, 0.4) is 0 Å². The largest absolute Gasteiger partial charge is 0.466 e. The summed E-state index contributed by atoms with van der Waals surface area (Å²) in [6, 6.07) is 14.5. The molecule has 2 heterocycles. The average molecular weight is 347 g/mol. The molecule has 1 aliphatic rings. The number of hydrogen-bond donors (Lipinski definition) is 2. The van der Waals surface area contributed by atoms with Gasteiger partial charge in [-0.25, -0.2) is 0 Å². The molecule has 0 fully saturated rings. The van der Waals surface area contributed by atoms with Crippen molar-refractivity contribution >= 4 is 34.1 Å². The Labute approximate surface area is 150 Å².